The van der Waals surface area contributed by atoms with Gasteiger partial charge in [0, 0.05) is 36.8 Å². The summed E-state index contributed by atoms with van der Waals surface area (Å²) in [5.41, 5.74) is 1.40. The van der Waals surface area contributed by atoms with Crippen molar-refractivity contribution in [3.05, 3.63) is 54.5 Å². The molecule has 0 radical (unpaired) electrons. The van der Waals surface area contributed by atoms with Crippen molar-refractivity contribution < 1.29 is 14.3 Å². The molecule has 1 aromatic carbocycles. The third-order valence-electron chi connectivity index (χ3n) is 4.39. The summed E-state index contributed by atoms with van der Waals surface area (Å²) in [6.45, 7) is 6.89. The quantitative estimate of drug-likeness (QED) is 0.769. The van der Waals surface area contributed by atoms with Gasteiger partial charge in [-0.3, -0.25) is 9.78 Å². The van der Waals surface area contributed by atoms with Crippen molar-refractivity contribution in [2.24, 2.45) is 0 Å². The summed E-state index contributed by atoms with van der Waals surface area (Å²) in [5.74, 6) is 1.94. The van der Waals surface area contributed by atoms with Crippen LogP contribution >= 0.6 is 0 Å². The van der Waals surface area contributed by atoms with Crippen molar-refractivity contribution in [1.29, 1.82) is 0 Å². The van der Waals surface area contributed by atoms with E-state index in [1.54, 1.807) is 32.5 Å². The highest BCUT2D eigenvalue weighted by atomic mass is 16.5. The highest BCUT2D eigenvalue weighted by Gasteiger charge is 2.26. The molecule has 3 rings (SSSR count). The number of benzene rings is 1. The SMILES string of the molecule is C=C(C)C(=O)N1CCCC(c2cncc(Oc3cccc(OC)c3)n2)C1. The molecule has 0 N–H and O–H groups in total. The first-order valence-corrected chi connectivity index (χ1v) is 8.65. The number of carbonyl (C=O) groups excluding carboxylic acids is 1. The maximum Gasteiger partial charge on any atom is 0.248 e. The highest BCUT2D eigenvalue weighted by molar-refractivity contribution is 5.92. The zero-order chi connectivity index (χ0) is 18.5. The molecule has 6 heteroatoms. The van der Waals surface area contributed by atoms with Crippen molar-refractivity contribution in [2.75, 3.05) is 20.2 Å². The normalized spacial score (nSPS) is 16.8. The van der Waals surface area contributed by atoms with E-state index in [-0.39, 0.29) is 11.8 Å². The van der Waals surface area contributed by atoms with Crippen LogP contribution < -0.4 is 9.47 Å². The largest absolute Gasteiger partial charge is 0.497 e. The summed E-state index contributed by atoms with van der Waals surface area (Å²) in [7, 11) is 1.61. The lowest BCUT2D eigenvalue weighted by molar-refractivity contribution is -0.128. The molecule has 136 valence electrons. The summed E-state index contributed by atoms with van der Waals surface area (Å²) >= 11 is 0. The van der Waals surface area contributed by atoms with E-state index in [9.17, 15) is 4.79 Å². The van der Waals surface area contributed by atoms with Crippen LogP contribution in [0.2, 0.25) is 0 Å². The third-order valence-corrected chi connectivity index (χ3v) is 4.39. The Morgan fingerprint density at radius 3 is 2.88 bits per heavy atom. The smallest absolute Gasteiger partial charge is 0.248 e. The number of methoxy groups -OCH3 is 1. The monoisotopic (exact) mass is 353 g/mol. The number of ether oxygens (including phenoxy) is 2. The van der Waals surface area contributed by atoms with E-state index >= 15 is 0 Å². The second-order valence-electron chi connectivity index (χ2n) is 6.43. The minimum Gasteiger partial charge on any atom is -0.497 e. The molecule has 1 atom stereocenters. The number of piperidine rings is 1. The fourth-order valence-electron chi connectivity index (χ4n) is 3.07. The van der Waals surface area contributed by atoms with Gasteiger partial charge in [-0.25, -0.2) is 4.98 Å². The Balaban J connectivity index is 1.74. The zero-order valence-electron chi connectivity index (χ0n) is 15.1. The van der Waals surface area contributed by atoms with E-state index in [0.717, 1.165) is 25.1 Å². The third kappa shape index (κ3) is 4.20. The predicted octanol–water partition coefficient (Wildman–Crippen LogP) is 3.56. The topological polar surface area (TPSA) is 64.6 Å². The molecule has 2 heterocycles. The Morgan fingerprint density at radius 2 is 2.12 bits per heavy atom. The number of nitrogens with zero attached hydrogens (tertiary/aromatic N) is 3. The molecule has 1 saturated heterocycles. The number of carbonyl (C=O) groups is 1. The van der Waals surface area contributed by atoms with Gasteiger partial charge >= 0.3 is 0 Å². The number of rotatable bonds is 5. The molecular weight excluding hydrogens is 330 g/mol. The van der Waals surface area contributed by atoms with Gasteiger partial charge in [-0.05, 0) is 31.9 Å². The van der Waals surface area contributed by atoms with Crippen molar-refractivity contribution in [1.82, 2.24) is 14.9 Å². The molecule has 6 nitrogen and oxygen atoms in total. The maximum absolute atomic E-state index is 12.2. The number of hydrogen-bond acceptors (Lipinski definition) is 5. The van der Waals surface area contributed by atoms with Gasteiger partial charge in [0.2, 0.25) is 11.8 Å². The van der Waals surface area contributed by atoms with E-state index in [4.69, 9.17) is 9.47 Å². The lowest BCUT2D eigenvalue weighted by Gasteiger charge is -2.32. The number of aromatic nitrogens is 2. The van der Waals surface area contributed by atoms with Crippen LogP contribution in [0.25, 0.3) is 0 Å². The first-order valence-electron chi connectivity index (χ1n) is 8.65. The summed E-state index contributed by atoms with van der Waals surface area (Å²) in [5, 5.41) is 0. The molecule has 26 heavy (non-hydrogen) atoms. The minimum atomic E-state index is 0.00597. The molecule has 1 fully saturated rings. The zero-order valence-corrected chi connectivity index (χ0v) is 15.1. The summed E-state index contributed by atoms with van der Waals surface area (Å²) in [6.07, 6.45) is 5.24. The lowest BCUT2D eigenvalue weighted by atomic mass is 9.94. The molecule has 1 unspecified atom stereocenters. The van der Waals surface area contributed by atoms with Gasteiger partial charge in [-0.15, -0.1) is 0 Å². The Hall–Kier alpha value is -2.89. The van der Waals surface area contributed by atoms with E-state index in [1.165, 1.54) is 0 Å². The van der Waals surface area contributed by atoms with Gasteiger partial charge in [0.25, 0.3) is 0 Å². The second kappa shape index (κ2) is 7.99. The van der Waals surface area contributed by atoms with Crippen LogP contribution in [0.3, 0.4) is 0 Å². The van der Waals surface area contributed by atoms with Crippen LogP contribution in [0.5, 0.6) is 17.4 Å². The number of amides is 1. The fourth-order valence-corrected chi connectivity index (χ4v) is 3.07. The fraction of sp³-hybridized carbons (Fsp3) is 0.350. The van der Waals surface area contributed by atoms with E-state index in [1.807, 2.05) is 23.1 Å². The molecule has 0 bridgehead atoms. The van der Waals surface area contributed by atoms with Crippen molar-refractivity contribution >= 4 is 5.91 Å². The van der Waals surface area contributed by atoms with Crippen molar-refractivity contribution in [2.45, 2.75) is 25.7 Å². The van der Waals surface area contributed by atoms with Crippen LogP contribution in [0.4, 0.5) is 0 Å². The molecule has 0 spiro atoms. The molecule has 1 aliphatic rings. The Bertz CT molecular complexity index is 806. The van der Waals surface area contributed by atoms with Gasteiger partial charge in [0.05, 0.1) is 19.0 Å². The van der Waals surface area contributed by atoms with Crippen LogP contribution in [0, 0.1) is 0 Å². The Morgan fingerprint density at radius 1 is 1.31 bits per heavy atom. The van der Waals surface area contributed by atoms with Gasteiger partial charge in [0.15, 0.2) is 0 Å². The molecule has 0 aliphatic carbocycles. The summed E-state index contributed by atoms with van der Waals surface area (Å²) in [6, 6.07) is 7.34. The van der Waals surface area contributed by atoms with Gasteiger partial charge in [0.1, 0.15) is 11.5 Å². The van der Waals surface area contributed by atoms with Crippen molar-refractivity contribution in [3.8, 4) is 17.4 Å². The Kier molecular flexibility index (Phi) is 5.51. The molecule has 2 aromatic rings. The number of likely N-dealkylation sites (tertiary alicyclic amines) is 1. The lowest BCUT2D eigenvalue weighted by Crippen LogP contribution is -2.39. The summed E-state index contributed by atoms with van der Waals surface area (Å²) in [4.78, 5) is 22.9. The van der Waals surface area contributed by atoms with E-state index in [2.05, 4.69) is 16.5 Å². The van der Waals surface area contributed by atoms with Crippen LogP contribution in [0.15, 0.2) is 48.8 Å². The molecule has 1 amide bonds. The minimum absolute atomic E-state index is 0.00597. The second-order valence-corrected chi connectivity index (χ2v) is 6.43. The van der Waals surface area contributed by atoms with E-state index < -0.39 is 0 Å². The summed E-state index contributed by atoms with van der Waals surface area (Å²) < 4.78 is 11.0. The maximum atomic E-state index is 12.2. The van der Waals surface area contributed by atoms with Crippen molar-refractivity contribution in [3.63, 3.8) is 0 Å². The Labute approximate surface area is 153 Å². The number of hydrogen-bond donors (Lipinski definition) is 0. The first kappa shape index (κ1) is 17.9. The van der Waals surface area contributed by atoms with Gasteiger partial charge in [-0.2, -0.15) is 0 Å². The molecule has 1 aromatic heterocycles. The van der Waals surface area contributed by atoms with Gasteiger partial charge < -0.3 is 14.4 Å². The highest BCUT2D eigenvalue weighted by Crippen LogP contribution is 2.28. The molecule has 0 saturated carbocycles. The van der Waals surface area contributed by atoms with Crippen LogP contribution in [0.1, 0.15) is 31.4 Å². The average Bonchev–Trinajstić information content (AvgIpc) is 2.68. The van der Waals surface area contributed by atoms with Crippen LogP contribution in [-0.2, 0) is 4.79 Å². The predicted molar refractivity (Wildman–Crippen MR) is 98.5 cm³/mol. The first-order chi connectivity index (χ1) is 12.6. The van der Waals surface area contributed by atoms with E-state index in [0.29, 0.717) is 29.5 Å². The van der Waals surface area contributed by atoms with Gasteiger partial charge in [-0.1, -0.05) is 12.6 Å². The molecular formula is C20H23N3O3. The van der Waals surface area contributed by atoms with Crippen LogP contribution in [-0.4, -0.2) is 41.0 Å². The average molecular weight is 353 g/mol. The standard InChI is InChI=1S/C20H23N3O3/c1-14(2)20(24)23-9-5-6-15(13-23)18-11-21-12-19(22-18)26-17-8-4-7-16(10-17)25-3/h4,7-8,10-12,15H,1,5-6,9,13H2,2-3H3. The molecule has 1 aliphatic heterocycles.